The molecule has 0 unspecified atom stereocenters. The largest absolute Gasteiger partial charge is 0.481 e. The highest BCUT2D eigenvalue weighted by Gasteiger charge is 2.23. The number of carbonyl (C=O) groups is 1. The van der Waals surface area contributed by atoms with Crippen LogP contribution >= 0.6 is 0 Å². The van der Waals surface area contributed by atoms with Gasteiger partial charge in [0.15, 0.2) is 0 Å². The Kier molecular flexibility index (Phi) is 3.84. The summed E-state index contributed by atoms with van der Waals surface area (Å²) in [5.41, 5.74) is 2.31. The van der Waals surface area contributed by atoms with Crippen molar-refractivity contribution in [1.82, 2.24) is 15.0 Å². The van der Waals surface area contributed by atoms with Crippen molar-refractivity contribution in [2.45, 2.75) is 0 Å². The molecule has 0 fully saturated rings. The molecule has 0 amide bonds. The lowest BCUT2D eigenvalue weighted by Gasteiger charge is -2.08. The minimum Gasteiger partial charge on any atom is -0.481 e. The first kappa shape index (κ1) is 14.8. The van der Waals surface area contributed by atoms with Crippen molar-refractivity contribution < 1.29 is 19.0 Å². The van der Waals surface area contributed by atoms with Crippen molar-refractivity contribution in [2.75, 3.05) is 21.3 Å². The molecule has 0 bridgehead atoms. The molecule has 0 aliphatic rings. The Hall–Kier alpha value is -3.09. The van der Waals surface area contributed by atoms with Gasteiger partial charge in [-0.15, -0.1) is 0 Å². The van der Waals surface area contributed by atoms with E-state index >= 15 is 0 Å². The topological polar surface area (TPSA) is 86.3 Å². The average Bonchev–Trinajstić information content (AvgIpc) is 2.99. The smallest absolute Gasteiger partial charge is 0.355 e. The number of nitrogens with one attached hydrogen (secondary N) is 1. The number of nitrogens with zero attached hydrogens (tertiary/aromatic N) is 2. The maximum Gasteiger partial charge on any atom is 0.355 e. The lowest BCUT2D eigenvalue weighted by Crippen LogP contribution is -2.04. The van der Waals surface area contributed by atoms with Gasteiger partial charge in [-0.05, 0) is 12.1 Å². The number of aromatic amines is 1. The number of hydrogen-bond donors (Lipinski definition) is 1. The molecule has 118 valence electrons. The van der Waals surface area contributed by atoms with Crippen LogP contribution in [-0.2, 0) is 4.74 Å². The van der Waals surface area contributed by atoms with Crippen molar-refractivity contribution in [2.24, 2.45) is 0 Å². The van der Waals surface area contributed by atoms with E-state index in [9.17, 15) is 4.79 Å². The standard InChI is InChI=1S/C16H15N3O4/c1-21-12-7-10-11(8-18-12)19-14(16(20)23-3)13(10)9-5-4-6-17-15(9)22-2/h4-8,19H,1-3H3. The second-order valence-electron chi connectivity index (χ2n) is 4.70. The Bertz CT molecular complexity index is 873. The molecule has 0 saturated heterocycles. The average molecular weight is 313 g/mol. The minimum atomic E-state index is -0.485. The number of ether oxygens (including phenoxy) is 3. The fraction of sp³-hybridized carbons (Fsp3) is 0.188. The normalized spacial score (nSPS) is 10.6. The van der Waals surface area contributed by atoms with E-state index in [-0.39, 0.29) is 0 Å². The maximum atomic E-state index is 12.2. The molecule has 1 N–H and O–H groups in total. The van der Waals surface area contributed by atoms with Crippen molar-refractivity contribution in [1.29, 1.82) is 0 Å². The van der Waals surface area contributed by atoms with E-state index in [4.69, 9.17) is 14.2 Å². The Morgan fingerprint density at radius 2 is 2.00 bits per heavy atom. The number of H-pyrrole nitrogens is 1. The molecule has 3 rings (SSSR count). The molecule has 3 heterocycles. The highest BCUT2D eigenvalue weighted by Crippen LogP contribution is 2.37. The fourth-order valence-corrected chi connectivity index (χ4v) is 2.46. The van der Waals surface area contributed by atoms with Crippen LogP contribution in [0, 0.1) is 0 Å². The summed E-state index contributed by atoms with van der Waals surface area (Å²) in [6, 6.07) is 5.35. The second-order valence-corrected chi connectivity index (χ2v) is 4.70. The molecule has 0 spiro atoms. The third-order valence-corrected chi connectivity index (χ3v) is 3.49. The van der Waals surface area contributed by atoms with Crippen molar-refractivity contribution in [3.8, 4) is 22.9 Å². The van der Waals surface area contributed by atoms with Gasteiger partial charge in [-0.25, -0.2) is 14.8 Å². The van der Waals surface area contributed by atoms with Crippen LogP contribution in [0.2, 0.25) is 0 Å². The molecule has 3 aromatic heterocycles. The summed E-state index contributed by atoms with van der Waals surface area (Å²) in [4.78, 5) is 23.5. The van der Waals surface area contributed by atoms with Crippen LogP contribution in [0.4, 0.5) is 0 Å². The first-order chi connectivity index (χ1) is 11.2. The molecule has 0 aliphatic heterocycles. The zero-order valence-electron chi connectivity index (χ0n) is 12.9. The monoisotopic (exact) mass is 313 g/mol. The van der Waals surface area contributed by atoms with Crippen LogP contribution in [0.25, 0.3) is 22.0 Å². The van der Waals surface area contributed by atoms with E-state index in [0.29, 0.717) is 34.1 Å². The quantitative estimate of drug-likeness (QED) is 0.744. The van der Waals surface area contributed by atoms with E-state index in [1.54, 1.807) is 24.5 Å². The number of rotatable bonds is 4. The van der Waals surface area contributed by atoms with Gasteiger partial charge in [-0.3, -0.25) is 0 Å². The van der Waals surface area contributed by atoms with Gasteiger partial charge in [0.2, 0.25) is 11.8 Å². The predicted molar refractivity (Wildman–Crippen MR) is 83.8 cm³/mol. The summed E-state index contributed by atoms with van der Waals surface area (Å²) < 4.78 is 15.4. The Labute approximate surface area is 132 Å². The van der Waals surface area contributed by atoms with Gasteiger partial charge in [0, 0.05) is 28.8 Å². The third kappa shape index (κ3) is 2.46. The fourth-order valence-electron chi connectivity index (χ4n) is 2.46. The molecular formula is C16H15N3O4. The lowest BCUT2D eigenvalue weighted by molar-refractivity contribution is 0.0596. The number of fused-ring (bicyclic) bond motifs is 1. The highest BCUT2D eigenvalue weighted by molar-refractivity contribution is 6.08. The van der Waals surface area contributed by atoms with Crippen LogP contribution < -0.4 is 9.47 Å². The maximum absolute atomic E-state index is 12.2. The summed E-state index contributed by atoms with van der Waals surface area (Å²) in [5, 5.41) is 0.767. The van der Waals surface area contributed by atoms with Gasteiger partial charge < -0.3 is 19.2 Å². The number of esters is 1. The Balaban J connectivity index is 2.37. The molecule has 3 aromatic rings. The van der Waals surface area contributed by atoms with E-state index < -0.39 is 5.97 Å². The number of carbonyl (C=O) groups excluding carboxylic acids is 1. The summed E-state index contributed by atoms with van der Waals surface area (Å²) in [5.74, 6) is 0.368. The number of hydrogen-bond acceptors (Lipinski definition) is 6. The highest BCUT2D eigenvalue weighted by atomic mass is 16.5. The molecule has 0 aromatic carbocycles. The summed E-state index contributed by atoms with van der Waals surface area (Å²) in [6.45, 7) is 0. The van der Waals surface area contributed by atoms with Crippen LogP contribution in [0.3, 0.4) is 0 Å². The SMILES string of the molecule is COC(=O)c1[nH]c2cnc(OC)cc2c1-c1cccnc1OC. The molecule has 23 heavy (non-hydrogen) atoms. The molecule has 0 atom stereocenters. The molecule has 0 saturated carbocycles. The molecule has 0 radical (unpaired) electrons. The molecular weight excluding hydrogens is 298 g/mol. The zero-order chi connectivity index (χ0) is 16.4. The number of pyridine rings is 2. The van der Waals surface area contributed by atoms with E-state index in [2.05, 4.69) is 15.0 Å². The van der Waals surface area contributed by atoms with Crippen LogP contribution in [0.15, 0.2) is 30.6 Å². The number of methoxy groups -OCH3 is 3. The van der Waals surface area contributed by atoms with Crippen LogP contribution in [0.1, 0.15) is 10.5 Å². The van der Waals surface area contributed by atoms with Gasteiger partial charge in [0.1, 0.15) is 5.69 Å². The van der Waals surface area contributed by atoms with Gasteiger partial charge in [-0.1, -0.05) is 0 Å². The van der Waals surface area contributed by atoms with Crippen molar-refractivity contribution in [3.05, 3.63) is 36.3 Å². The van der Waals surface area contributed by atoms with Crippen molar-refractivity contribution in [3.63, 3.8) is 0 Å². The van der Waals surface area contributed by atoms with Gasteiger partial charge >= 0.3 is 5.97 Å². The van der Waals surface area contributed by atoms with Crippen LogP contribution in [0.5, 0.6) is 11.8 Å². The Morgan fingerprint density at radius 3 is 2.70 bits per heavy atom. The van der Waals surface area contributed by atoms with Gasteiger partial charge in [-0.2, -0.15) is 0 Å². The number of aromatic nitrogens is 3. The third-order valence-electron chi connectivity index (χ3n) is 3.49. The van der Waals surface area contributed by atoms with Crippen molar-refractivity contribution >= 4 is 16.9 Å². The van der Waals surface area contributed by atoms with Crippen LogP contribution in [-0.4, -0.2) is 42.3 Å². The molecule has 0 aliphatic carbocycles. The Morgan fingerprint density at radius 1 is 1.17 bits per heavy atom. The molecule has 7 heteroatoms. The van der Waals surface area contributed by atoms with E-state index in [0.717, 1.165) is 5.39 Å². The summed E-state index contributed by atoms with van der Waals surface area (Å²) in [6.07, 6.45) is 3.23. The van der Waals surface area contributed by atoms with Gasteiger partial charge in [0.05, 0.1) is 33.0 Å². The van der Waals surface area contributed by atoms with E-state index in [1.165, 1.54) is 21.3 Å². The first-order valence-electron chi connectivity index (χ1n) is 6.83. The van der Waals surface area contributed by atoms with Gasteiger partial charge in [0.25, 0.3) is 0 Å². The summed E-state index contributed by atoms with van der Waals surface area (Å²) in [7, 11) is 4.39. The van der Waals surface area contributed by atoms with E-state index in [1.807, 2.05) is 6.07 Å². The second kappa shape index (κ2) is 5.96. The first-order valence-corrected chi connectivity index (χ1v) is 6.83. The lowest BCUT2D eigenvalue weighted by atomic mass is 10.0. The summed E-state index contributed by atoms with van der Waals surface area (Å²) >= 11 is 0. The predicted octanol–water partition coefficient (Wildman–Crippen LogP) is 2.43. The molecule has 7 nitrogen and oxygen atoms in total. The zero-order valence-corrected chi connectivity index (χ0v) is 12.9. The minimum absolute atomic E-state index is 0.309.